The molecule has 0 saturated heterocycles. The minimum Gasteiger partial charge on any atom is -0.372 e. The molecule has 2 rings (SSSR count). The lowest BCUT2D eigenvalue weighted by Crippen LogP contribution is -2.25. The van der Waals surface area contributed by atoms with Gasteiger partial charge in [-0.25, -0.2) is 0 Å². The minimum absolute atomic E-state index is 0.154. The van der Waals surface area contributed by atoms with Gasteiger partial charge >= 0.3 is 0 Å². The highest BCUT2D eigenvalue weighted by Gasteiger charge is 2.23. The quantitative estimate of drug-likeness (QED) is 0.865. The van der Waals surface area contributed by atoms with E-state index in [4.69, 9.17) is 4.74 Å². The van der Waals surface area contributed by atoms with Gasteiger partial charge in [-0.15, -0.1) is 0 Å². The second-order valence-electron chi connectivity index (χ2n) is 4.15. The van der Waals surface area contributed by atoms with E-state index in [-0.39, 0.29) is 6.10 Å². The van der Waals surface area contributed by atoms with Crippen LogP contribution in [0.2, 0.25) is 0 Å². The molecule has 0 radical (unpaired) electrons. The van der Waals surface area contributed by atoms with Crippen molar-refractivity contribution in [3.05, 3.63) is 34.3 Å². The highest BCUT2D eigenvalue weighted by Crippen LogP contribution is 2.27. The Morgan fingerprint density at radius 3 is 2.81 bits per heavy atom. The zero-order valence-electron chi connectivity index (χ0n) is 9.58. The summed E-state index contributed by atoms with van der Waals surface area (Å²) in [4.78, 5) is 0. The van der Waals surface area contributed by atoms with Gasteiger partial charge in [0.1, 0.15) is 0 Å². The van der Waals surface area contributed by atoms with Gasteiger partial charge in [0, 0.05) is 23.7 Å². The van der Waals surface area contributed by atoms with E-state index < -0.39 is 0 Å². The van der Waals surface area contributed by atoms with Crippen molar-refractivity contribution in [1.82, 2.24) is 5.32 Å². The lowest BCUT2D eigenvalue weighted by Gasteiger charge is -2.19. The van der Waals surface area contributed by atoms with E-state index in [0.717, 1.165) is 23.7 Å². The van der Waals surface area contributed by atoms with E-state index in [1.165, 1.54) is 18.4 Å². The molecule has 1 fully saturated rings. The predicted octanol–water partition coefficient (Wildman–Crippen LogP) is 3.28. The molecule has 2 nitrogen and oxygen atoms in total. The van der Waals surface area contributed by atoms with Gasteiger partial charge in [0.25, 0.3) is 0 Å². The van der Waals surface area contributed by atoms with Crippen molar-refractivity contribution in [3.63, 3.8) is 0 Å². The molecular weight excluding hydrogens is 266 g/mol. The lowest BCUT2D eigenvalue weighted by atomic mass is 10.1. The van der Waals surface area contributed by atoms with Crippen LogP contribution in [0.5, 0.6) is 0 Å². The second kappa shape index (κ2) is 5.80. The molecule has 1 saturated carbocycles. The van der Waals surface area contributed by atoms with Crippen molar-refractivity contribution in [3.8, 4) is 0 Å². The second-order valence-corrected chi connectivity index (χ2v) is 5.00. The zero-order chi connectivity index (χ0) is 11.4. The summed E-state index contributed by atoms with van der Waals surface area (Å²) in [5.74, 6) is 0. The van der Waals surface area contributed by atoms with Crippen LogP contribution in [0.25, 0.3) is 0 Å². The van der Waals surface area contributed by atoms with Crippen LogP contribution in [-0.2, 0) is 4.74 Å². The van der Waals surface area contributed by atoms with Crippen molar-refractivity contribution in [2.75, 3.05) is 13.2 Å². The van der Waals surface area contributed by atoms with Crippen LogP contribution in [0.1, 0.15) is 31.4 Å². The standard InChI is InChI=1S/C13H18BrNO/c1-2-16-13(9-15-10-7-8-10)11-5-3-4-6-12(11)14/h3-6,10,13,15H,2,7-9H2,1H3. The Bertz CT molecular complexity index is 338. The van der Waals surface area contributed by atoms with E-state index >= 15 is 0 Å². The Balaban J connectivity index is 2.01. The molecule has 16 heavy (non-hydrogen) atoms. The number of nitrogens with one attached hydrogen (secondary N) is 1. The summed E-state index contributed by atoms with van der Waals surface area (Å²) >= 11 is 3.58. The molecule has 3 heteroatoms. The van der Waals surface area contributed by atoms with Crippen molar-refractivity contribution < 1.29 is 4.74 Å². The van der Waals surface area contributed by atoms with Crippen LogP contribution >= 0.6 is 15.9 Å². The van der Waals surface area contributed by atoms with Crippen LogP contribution in [0.4, 0.5) is 0 Å². The first-order valence-corrected chi connectivity index (χ1v) is 6.70. The molecule has 1 aliphatic carbocycles. The van der Waals surface area contributed by atoms with Crippen molar-refractivity contribution in [2.24, 2.45) is 0 Å². The number of halogens is 1. The number of hydrogen-bond acceptors (Lipinski definition) is 2. The number of ether oxygens (including phenoxy) is 1. The van der Waals surface area contributed by atoms with Gasteiger partial charge in [-0.05, 0) is 31.4 Å². The molecule has 0 heterocycles. The third-order valence-electron chi connectivity index (χ3n) is 2.79. The molecule has 0 bridgehead atoms. The Morgan fingerprint density at radius 1 is 1.44 bits per heavy atom. The normalized spacial score (nSPS) is 17.4. The molecule has 1 aromatic carbocycles. The minimum atomic E-state index is 0.154. The summed E-state index contributed by atoms with van der Waals surface area (Å²) in [5.41, 5.74) is 1.23. The molecule has 1 unspecified atom stereocenters. The highest BCUT2D eigenvalue weighted by atomic mass is 79.9. The third-order valence-corrected chi connectivity index (χ3v) is 3.51. The third kappa shape index (κ3) is 3.30. The molecule has 1 atom stereocenters. The summed E-state index contributed by atoms with van der Waals surface area (Å²) in [6.45, 7) is 3.69. The monoisotopic (exact) mass is 283 g/mol. The molecule has 1 aliphatic rings. The number of rotatable bonds is 6. The average Bonchev–Trinajstić information content (AvgIpc) is 3.09. The van der Waals surface area contributed by atoms with Crippen molar-refractivity contribution in [1.29, 1.82) is 0 Å². The first-order valence-electron chi connectivity index (χ1n) is 5.90. The molecule has 0 amide bonds. The fraction of sp³-hybridized carbons (Fsp3) is 0.538. The van der Waals surface area contributed by atoms with Gasteiger partial charge in [-0.3, -0.25) is 0 Å². The molecule has 88 valence electrons. The molecular formula is C13H18BrNO. The molecule has 1 aromatic rings. The van der Waals surface area contributed by atoms with E-state index in [1.807, 2.05) is 13.0 Å². The van der Waals surface area contributed by atoms with Crippen LogP contribution in [0.15, 0.2) is 28.7 Å². The zero-order valence-corrected chi connectivity index (χ0v) is 11.2. The summed E-state index contributed by atoms with van der Waals surface area (Å²) in [7, 11) is 0. The predicted molar refractivity (Wildman–Crippen MR) is 69.5 cm³/mol. The molecule has 0 aliphatic heterocycles. The first-order chi connectivity index (χ1) is 7.81. The first kappa shape index (κ1) is 12.1. The maximum atomic E-state index is 5.79. The van der Waals surface area contributed by atoms with Crippen LogP contribution < -0.4 is 5.32 Å². The van der Waals surface area contributed by atoms with E-state index in [2.05, 4.69) is 39.4 Å². The van der Waals surface area contributed by atoms with Crippen molar-refractivity contribution in [2.45, 2.75) is 31.9 Å². The maximum absolute atomic E-state index is 5.79. The van der Waals surface area contributed by atoms with Crippen LogP contribution in [-0.4, -0.2) is 19.2 Å². The Labute approximate surface area is 106 Å². The Hall–Kier alpha value is -0.380. The van der Waals surface area contributed by atoms with Gasteiger partial charge in [0.2, 0.25) is 0 Å². The van der Waals surface area contributed by atoms with Gasteiger partial charge < -0.3 is 10.1 Å². The topological polar surface area (TPSA) is 21.3 Å². The Morgan fingerprint density at radius 2 is 2.19 bits per heavy atom. The van der Waals surface area contributed by atoms with Crippen LogP contribution in [0, 0.1) is 0 Å². The van der Waals surface area contributed by atoms with Crippen molar-refractivity contribution >= 4 is 15.9 Å². The van der Waals surface area contributed by atoms with Gasteiger partial charge in [0.05, 0.1) is 6.10 Å². The van der Waals surface area contributed by atoms with Gasteiger partial charge in [-0.2, -0.15) is 0 Å². The molecule has 1 N–H and O–H groups in total. The fourth-order valence-electron chi connectivity index (χ4n) is 1.76. The smallest absolute Gasteiger partial charge is 0.0960 e. The lowest BCUT2D eigenvalue weighted by molar-refractivity contribution is 0.0616. The van der Waals surface area contributed by atoms with Gasteiger partial charge in [0.15, 0.2) is 0 Å². The SMILES string of the molecule is CCOC(CNC1CC1)c1ccccc1Br. The largest absolute Gasteiger partial charge is 0.372 e. The highest BCUT2D eigenvalue weighted by molar-refractivity contribution is 9.10. The Kier molecular flexibility index (Phi) is 4.38. The maximum Gasteiger partial charge on any atom is 0.0960 e. The van der Waals surface area contributed by atoms with E-state index in [9.17, 15) is 0 Å². The molecule has 0 spiro atoms. The summed E-state index contributed by atoms with van der Waals surface area (Å²) in [6.07, 6.45) is 2.78. The van der Waals surface area contributed by atoms with E-state index in [0.29, 0.717) is 0 Å². The van der Waals surface area contributed by atoms with Crippen LogP contribution in [0.3, 0.4) is 0 Å². The summed E-state index contributed by atoms with van der Waals surface area (Å²) in [5, 5.41) is 3.52. The van der Waals surface area contributed by atoms with E-state index in [1.54, 1.807) is 0 Å². The fourth-order valence-corrected chi connectivity index (χ4v) is 2.30. The summed E-state index contributed by atoms with van der Waals surface area (Å²) < 4.78 is 6.93. The van der Waals surface area contributed by atoms with Gasteiger partial charge in [-0.1, -0.05) is 34.1 Å². The number of hydrogen-bond donors (Lipinski definition) is 1. The number of benzene rings is 1. The average molecular weight is 284 g/mol. The summed E-state index contributed by atoms with van der Waals surface area (Å²) in [6, 6.07) is 9.01. The molecule has 0 aromatic heterocycles.